The van der Waals surface area contributed by atoms with Gasteiger partial charge in [0.15, 0.2) is 0 Å². The second kappa shape index (κ2) is 7.74. The third-order valence-electron chi connectivity index (χ3n) is 2.89. The Hall–Kier alpha value is -1.15. The molecule has 1 rings (SSSR count). The van der Waals surface area contributed by atoms with Gasteiger partial charge in [-0.05, 0) is 24.6 Å². The number of sulfonamides is 1. The van der Waals surface area contributed by atoms with Crippen molar-refractivity contribution < 1.29 is 17.9 Å². The first kappa shape index (κ1) is 17.9. The normalized spacial score (nSPS) is 13.0. The molecular weight excluding hydrogens is 316 g/mol. The van der Waals surface area contributed by atoms with Crippen LogP contribution >= 0.6 is 11.6 Å². The van der Waals surface area contributed by atoms with E-state index in [1.165, 1.54) is 25.3 Å². The van der Waals surface area contributed by atoms with Crippen molar-refractivity contribution in [3.63, 3.8) is 0 Å². The van der Waals surface area contributed by atoms with Gasteiger partial charge in [0.2, 0.25) is 10.0 Å². The van der Waals surface area contributed by atoms with Gasteiger partial charge in [-0.25, -0.2) is 17.9 Å². The topological polar surface area (TPSA) is 98.5 Å². The van der Waals surface area contributed by atoms with Crippen LogP contribution in [0.3, 0.4) is 0 Å². The number of carbonyl (C=O) groups excluding carboxylic acids is 1. The molecule has 0 aromatic heterocycles. The molecule has 0 aliphatic carbocycles. The first-order valence-corrected chi connectivity index (χ1v) is 8.32. The van der Waals surface area contributed by atoms with Gasteiger partial charge in [-0.15, -0.1) is 0 Å². The average molecular weight is 335 g/mol. The van der Waals surface area contributed by atoms with Crippen LogP contribution in [0.2, 0.25) is 5.02 Å². The quantitative estimate of drug-likeness (QED) is 0.737. The Morgan fingerprint density at radius 1 is 1.48 bits per heavy atom. The number of nitrogens with two attached hydrogens (primary N) is 1. The fraction of sp³-hybridized carbons (Fsp3) is 0.462. The number of nitrogens with one attached hydrogen (secondary N) is 1. The Balaban J connectivity index is 3.15. The summed E-state index contributed by atoms with van der Waals surface area (Å²) in [6.07, 6.45) is 1.41. The number of hydrogen-bond donors (Lipinski definition) is 2. The van der Waals surface area contributed by atoms with Crippen molar-refractivity contribution in [1.29, 1.82) is 0 Å². The van der Waals surface area contributed by atoms with Gasteiger partial charge in [-0.2, -0.15) is 0 Å². The minimum absolute atomic E-state index is 0.0300. The van der Waals surface area contributed by atoms with Crippen LogP contribution in [0.1, 0.15) is 30.1 Å². The molecule has 1 aromatic carbocycles. The van der Waals surface area contributed by atoms with Gasteiger partial charge in [0.05, 0.1) is 17.7 Å². The molecule has 0 saturated heterocycles. The van der Waals surface area contributed by atoms with E-state index in [0.717, 1.165) is 6.42 Å². The minimum atomic E-state index is -3.86. The molecule has 0 heterocycles. The maximum absolute atomic E-state index is 12.4. The van der Waals surface area contributed by atoms with Gasteiger partial charge >= 0.3 is 5.97 Å². The van der Waals surface area contributed by atoms with E-state index < -0.39 is 16.0 Å². The summed E-state index contributed by atoms with van der Waals surface area (Å²) in [5.74, 6) is -0.632. The number of hydrogen-bond acceptors (Lipinski definition) is 5. The van der Waals surface area contributed by atoms with Crippen LogP contribution in [0, 0.1) is 0 Å². The number of benzene rings is 1. The summed E-state index contributed by atoms with van der Waals surface area (Å²) < 4.78 is 31.8. The Morgan fingerprint density at radius 2 is 2.14 bits per heavy atom. The molecule has 8 heteroatoms. The Labute approximate surface area is 129 Å². The van der Waals surface area contributed by atoms with Gasteiger partial charge in [0.25, 0.3) is 0 Å². The molecule has 0 aliphatic heterocycles. The lowest BCUT2D eigenvalue weighted by Gasteiger charge is -2.17. The third kappa shape index (κ3) is 4.67. The van der Waals surface area contributed by atoms with Crippen LogP contribution < -0.4 is 10.5 Å². The molecule has 1 atom stereocenters. The molecule has 0 bridgehead atoms. The fourth-order valence-electron chi connectivity index (χ4n) is 1.81. The van der Waals surface area contributed by atoms with Crippen molar-refractivity contribution in [2.75, 3.05) is 13.7 Å². The molecule has 0 aliphatic rings. The molecule has 0 amide bonds. The molecule has 0 fully saturated rings. The number of esters is 1. The van der Waals surface area contributed by atoms with Crippen molar-refractivity contribution in [3.05, 3.63) is 28.8 Å². The van der Waals surface area contributed by atoms with Crippen LogP contribution in [-0.4, -0.2) is 34.1 Å². The van der Waals surface area contributed by atoms with Gasteiger partial charge in [-0.3, -0.25) is 0 Å². The second-order valence-electron chi connectivity index (χ2n) is 4.48. The smallest absolute Gasteiger partial charge is 0.337 e. The van der Waals surface area contributed by atoms with E-state index in [-0.39, 0.29) is 28.1 Å². The van der Waals surface area contributed by atoms with E-state index >= 15 is 0 Å². The summed E-state index contributed by atoms with van der Waals surface area (Å²) in [6.45, 7) is 2.11. The molecule has 118 valence electrons. The zero-order chi connectivity index (χ0) is 16.0. The summed E-state index contributed by atoms with van der Waals surface area (Å²) >= 11 is 5.93. The molecule has 0 saturated carbocycles. The Bertz CT molecular complexity index is 604. The SMILES string of the molecule is CCCC(CN)NS(=O)(=O)c1cc(C(=O)OC)ccc1Cl. The average Bonchev–Trinajstić information content (AvgIpc) is 2.46. The summed E-state index contributed by atoms with van der Waals surface area (Å²) in [5, 5.41) is 0.0300. The predicted octanol–water partition coefficient (Wildman–Crippen LogP) is 1.53. The Morgan fingerprint density at radius 3 is 2.67 bits per heavy atom. The molecule has 3 N–H and O–H groups in total. The highest BCUT2D eigenvalue weighted by molar-refractivity contribution is 7.89. The maximum atomic E-state index is 12.4. The van der Waals surface area contributed by atoms with Crippen LogP contribution in [-0.2, 0) is 14.8 Å². The monoisotopic (exact) mass is 334 g/mol. The molecule has 6 nitrogen and oxygen atoms in total. The highest BCUT2D eigenvalue weighted by Crippen LogP contribution is 2.23. The van der Waals surface area contributed by atoms with Crippen molar-refractivity contribution in [2.24, 2.45) is 5.73 Å². The highest BCUT2D eigenvalue weighted by Gasteiger charge is 2.23. The summed E-state index contributed by atoms with van der Waals surface area (Å²) in [4.78, 5) is 11.3. The van der Waals surface area contributed by atoms with Gasteiger partial charge in [0, 0.05) is 12.6 Å². The number of halogens is 1. The summed E-state index contributed by atoms with van der Waals surface area (Å²) in [5.41, 5.74) is 5.66. The van der Waals surface area contributed by atoms with Crippen molar-refractivity contribution in [1.82, 2.24) is 4.72 Å². The summed E-state index contributed by atoms with van der Waals surface area (Å²) in [7, 11) is -2.64. The molecular formula is C13H19ClN2O4S. The lowest BCUT2D eigenvalue weighted by atomic mass is 10.2. The predicted molar refractivity (Wildman–Crippen MR) is 80.9 cm³/mol. The van der Waals surface area contributed by atoms with Crippen LogP contribution in [0.25, 0.3) is 0 Å². The highest BCUT2D eigenvalue weighted by atomic mass is 35.5. The van der Waals surface area contributed by atoms with E-state index in [1.54, 1.807) is 0 Å². The molecule has 1 unspecified atom stereocenters. The van der Waals surface area contributed by atoms with E-state index in [0.29, 0.717) is 6.42 Å². The second-order valence-corrected chi connectivity index (χ2v) is 6.57. The fourth-order valence-corrected chi connectivity index (χ4v) is 3.62. The molecule has 1 aromatic rings. The van der Waals surface area contributed by atoms with Crippen molar-refractivity contribution in [2.45, 2.75) is 30.7 Å². The number of ether oxygens (including phenoxy) is 1. The first-order chi connectivity index (χ1) is 9.85. The molecule has 0 radical (unpaired) electrons. The van der Waals surface area contributed by atoms with Gasteiger partial charge in [0.1, 0.15) is 4.90 Å². The Kier molecular flexibility index (Phi) is 6.60. The van der Waals surface area contributed by atoms with Crippen molar-refractivity contribution >= 4 is 27.6 Å². The lowest BCUT2D eigenvalue weighted by molar-refractivity contribution is 0.0600. The standard InChI is InChI=1S/C13H19ClN2O4S/c1-3-4-10(8-15)16-21(18,19)12-7-9(13(17)20-2)5-6-11(12)14/h5-7,10,16H,3-4,8,15H2,1-2H3. The van der Waals surface area contributed by atoms with E-state index in [1.807, 2.05) is 6.92 Å². The molecule has 0 spiro atoms. The van der Waals surface area contributed by atoms with Crippen LogP contribution in [0.4, 0.5) is 0 Å². The minimum Gasteiger partial charge on any atom is -0.465 e. The summed E-state index contributed by atoms with van der Waals surface area (Å²) in [6, 6.07) is 3.56. The largest absolute Gasteiger partial charge is 0.465 e. The van der Waals surface area contributed by atoms with Gasteiger partial charge < -0.3 is 10.5 Å². The third-order valence-corrected chi connectivity index (χ3v) is 4.89. The number of methoxy groups -OCH3 is 1. The number of rotatable bonds is 7. The van der Waals surface area contributed by atoms with E-state index in [4.69, 9.17) is 17.3 Å². The maximum Gasteiger partial charge on any atom is 0.337 e. The van der Waals surface area contributed by atoms with Crippen LogP contribution in [0.5, 0.6) is 0 Å². The molecule has 21 heavy (non-hydrogen) atoms. The van der Waals surface area contributed by atoms with Crippen molar-refractivity contribution in [3.8, 4) is 0 Å². The van der Waals surface area contributed by atoms with E-state index in [2.05, 4.69) is 9.46 Å². The first-order valence-electron chi connectivity index (χ1n) is 6.46. The zero-order valence-electron chi connectivity index (χ0n) is 11.9. The lowest BCUT2D eigenvalue weighted by Crippen LogP contribution is -2.40. The zero-order valence-corrected chi connectivity index (χ0v) is 13.5. The number of carbonyl (C=O) groups is 1. The van der Waals surface area contributed by atoms with Crippen LogP contribution in [0.15, 0.2) is 23.1 Å². The van der Waals surface area contributed by atoms with E-state index in [9.17, 15) is 13.2 Å². The van der Waals surface area contributed by atoms with Gasteiger partial charge in [-0.1, -0.05) is 24.9 Å².